The Bertz CT molecular complexity index is 526. The molecule has 3 heterocycles. The summed E-state index contributed by atoms with van der Waals surface area (Å²) in [7, 11) is 0. The van der Waals surface area contributed by atoms with Gasteiger partial charge >= 0.3 is 0 Å². The van der Waals surface area contributed by atoms with Crippen molar-refractivity contribution in [1.82, 2.24) is 10.2 Å². The maximum Gasteiger partial charge on any atom is 0.251 e. The van der Waals surface area contributed by atoms with Crippen molar-refractivity contribution in [3.63, 3.8) is 0 Å². The molecule has 19 heavy (non-hydrogen) atoms. The number of fused-ring (bicyclic) bond motifs is 3. The lowest BCUT2D eigenvalue weighted by molar-refractivity contribution is 0.0620. The Morgan fingerprint density at radius 3 is 2.79 bits per heavy atom. The highest BCUT2D eigenvalue weighted by Crippen LogP contribution is 2.27. The van der Waals surface area contributed by atoms with Crippen molar-refractivity contribution in [3.8, 4) is 6.07 Å². The lowest BCUT2D eigenvalue weighted by Crippen LogP contribution is -2.57. The van der Waals surface area contributed by atoms with Crippen LogP contribution >= 0.6 is 0 Å². The third kappa shape index (κ3) is 2.47. The van der Waals surface area contributed by atoms with E-state index in [0.717, 1.165) is 6.54 Å². The molecule has 4 nitrogen and oxygen atoms in total. The van der Waals surface area contributed by atoms with E-state index in [1.807, 2.05) is 0 Å². The Morgan fingerprint density at radius 2 is 2.16 bits per heavy atom. The van der Waals surface area contributed by atoms with Crippen molar-refractivity contribution in [2.75, 3.05) is 19.6 Å². The first kappa shape index (κ1) is 12.2. The van der Waals surface area contributed by atoms with Crippen LogP contribution in [0.2, 0.25) is 0 Å². The van der Waals surface area contributed by atoms with Crippen LogP contribution in [-0.4, -0.2) is 36.5 Å². The number of nitrogens with one attached hydrogen (secondary N) is 1. The number of carbonyl (C=O) groups excluding carboxylic acids is 1. The fourth-order valence-corrected chi connectivity index (χ4v) is 3.11. The van der Waals surface area contributed by atoms with Gasteiger partial charge < -0.3 is 10.2 Å². The summed E-state index contributed by atoms with van der Waals surface area (Å²) in [6.07, 6.45) is 2.37. The van der Waals surface area contributed by atoms with E-state index in [-0.39, 0.29) is 11.9 Å². The van der Waals surface area contributed by atoms with Gasteiger partial charge in [-0.1, -0.05) is 6.07 Å². The smallest absolute Gasteiger partial charge is 0.251 e. The molecule has 3 aliphatic heterocycles. The number of hydrogen-bond acceptors (Lipinski definition) is 3. The molecule has 1 amide bonds. The quantitative estimate of drug-likeness (QED) is 0.868. The van der Waals surface area contributed by atoms with Crippen LogP contribution in [0.15, 0.2) is 24.3 Å². The van der Waals surface area contributed by atoms with E-state index in [1.54, 1.807) is 24.3 Å². The predicted octanol–water partition coefficient (Wildman–Crippen LogP) is 1.38. The van der Waals surface area contributed by atoms with Crippen LogP contribution in [0.25, 0.3) is 0 Å². The number of carbonyl (C=O) groups is 1. The molecule has 0 aromatic heterocycles. The first-order chi connectivity index (χ1) is 9.26. The van der Waals surface area contributed by atoms with Gasteiger partial charge in [0.2, 0.25) is 0 Å². The van der Waals surface area contributed by atoms with Gasteiger partial charge in [-0.2, -0.15) is 5.26 Å². The maximum atomic E-state index is 12.2. The summed E-state index contributed by atoms with van der Waals surface area (Å²) in [5.74, 6) is 0.559. The minimum atomic E-state index is -0.0594. The van der Waals surface area contributed by atoms with Crippen molar-refractivity contribution >= 4 is 5.91 Å². The Balaban J connectivity index is 1.69. The molecule has 0 saturated carbocycles. The van der Waals surface area contributed by atoms with Crippen molar-refractivity contribution in [3.05, 3.63) is 35.4 Å². The van der Waals surface area contributed by atoms with E-state index >= 15 is 0 Å². The van der Waals surface area contributed by atoms with E-state index in [2.05, 4.69) is 16.3 Å². The molecule has 1 aromatic rings. The molecule has 3 aliphatic rings. The normalized spacial score (nSPS) is 28.7. The van der Waals surface area contributed by atoms with E-state index in [4.69, 9.17) is 5.26 Å². The number of piperidine rings is 3. The van der Waals surface area contributed by atoms with Gasteiger partial charge in [0.1, 0.15) is 0 Å². The highest BCUT2D eigenvalue weighted by atomic mass is 16.1. The summed E-state index contributed by atoms with van der Waals surface area (Å²) < 4.78 is 0. The van der Waals surface area contributed by atoms with E-state index in [0.29, 0.717) is 17.0 Å². The topological polar surface area (TPSA) is 56.1 Å². The summed E-state index contributed by atoms with van der Waals surface area (Å²) in [6, 6.07) is 9.21. The highest BCUT2D eigenvalue weighted by Gasteiger charge is 2.34. The van der Waals surface area contributed by atoms with Crippen LogP contribution in [0.5, 0.6) is 0 Å². The SMILES string of the molecule is N#Cc1cccc(C(=O)NC2CN3CCC2CC3)c1. The third-order valence-corrected chi connectivity index (χ3v) is 4.23. The van der Waals surface area contributed by atoms with Gasteiger partial charge in [-0.05, 0) is 50.0 Å². The number of hydrogen-bond donors (Lipinski definition) is 1. The van der Waals surface area contributed by atoms with Gasteiger partial charge in [-0.25, -0.2) is 0 Å². The molecule has 4 heteroatoms. The second-order valence-electron chi connectivity index (χ2n) is 5.41. The number of benzene rings is 1. The fourth-order valence-electron chi connectivity index (χ4n) is 3.11. The van der Waals surface area contributed by atoms with Crippen LogP contribution in [0.4, 0.5) is 0 Å². The Hall–Kier alpha value is -1.86. The monoisotopic (exact) mass is 255 g/mol. The van der Waals surface area contributed by atoms with Gasteiger partial charge in [0.25, 0.3) is 5.91 Å². The van der Waals surface area contributed by atoms with Gasteiger partial charge in [-0.3, -0.25) is 4.79 Å². The fraction of sp³-hybridized carbons (Fsp3) is 0.467. The number of nitrogens with zero attached hydrogens (tertiary/aromatic N) is 2. The Morgan fingerprint density at radius 1 is 1.37 bits per heavy atom. The van der Waals surface area contributed by atoms with E-state index in [9.17, 15) is 4.79 Å². The van der Waals surface area contributed by atoms with Crippen LogP contribution in [-0.2, 0) is 0 Å². The van der Waals surface area contributed by atoms with Gasteiger partial charge in [0.05, 0.1) is 11.6 Å². The molecule has 1 aromatic carbocycles. The minimum Gasteiger partial charge on any atom is -0.348 e. The second-order valence-corrected chi connectivity index (χ2v) is 5.41. The zero-order chi connectivity index (χ0) is 13.2. The molecule has 2 bridgehead atoms. The summed E-state index contributed by atoms with van der Waals surface area (Å²) >= 11 is 0. The van der Waals surface area contributed by atoms with Gasteiger partial charge in [0, 0.05) is 18.2 Å². The van der Waals surface area contributed by atoms with Gasteiger partial charge in [0.15, 0.2) is 0 Å². The van der Waals surface area contributed by atoms with Gasteiger partial charge in [-0.15, -0.1) is 0 Å². The van der Waals surface area contributed by atoms with Crippen molar-refractivity contribution in [1.29, 1.82) is 5.26 Å². The average molecular weight is 255 g/mol. The van der Waals surface area contributed by atoms with Crippen LogP contribution in [0.3, 0.4) is 0 Å². The molecule has 1 N–H and O–H groups in total. The molecule has 3 saturated heterocycles. The van der Waals surface area contributed by atoms with Crippen molar-refractivity contribution < 1.29 is 4.79 Å². The lowest BCUT2D eigenvalue weighted by Gasteiger charge is -2.44. The summed E-state index contributed by atoms with van der Waals surface area (Å²) in [6.45, 7) is 3.30. The van der Waals surface area contributed by atoms with Crippen molar-refractivity contribution in [2.45, 2.75) is 18.9 Å². The number of amides is 1. The summed E-state index contributed by atoms with van der Waals surface area (Å²) in [4.78, 5) is 14.6. The Labute approximate surface area is 113 Å². The first-order valence-corrected chi connectivity index (χ1v) is 6.79. The highest BCUT2D eigenvalue weighted by molar-refractivity contribution is 5.94. The predicted molar refractivity (Wildman–Crippen MR) is 71.6 cm³/mol. The molecular weight excluding hydrogens is 238 g/mol. The molecular formula is C15H17N3O. The van der Waals surface area contributed by atoms with Crippen LogP contribution in [0.1, 0.15) is 28.8 Å². The molecule has 98 valence electrons. The van der Waals surface area contributed by atoms with E-state index < -0.39 is 0 Å². The number of rotatable bonds is 2. The number of nitriles is 1. The second kappa shape index (κ2) is 5.02. The third-order valence-electron chi connectivity index (χ3n) is 4.23. The van der Waals surface area contributed by atoms with E-state index in [1.165, 1.54) is 25.9 Å². The summed E-state index contributed by atoms with van der Waals surface area (Å²) in [5, 5.41) is 12.0. The van der Waals surface area contributed by atoms with Crippen LogP contribution in [0, 0.1) is 17.2 Å². The molecule has 3 fully saturated rings. The standard InChI is InChI=1S/C15H17N3O/c16-9-11-2-1-3-13(8-11)15(19)17-14-10-18-6-4-12(14)5-7-18/h1-3,8,12,14H,4-7,10H2,(H,17,19). The summed E-state index contributed by atoms with van der Waals surface area (Å²) in [5.41, 5.74) is 1.11. The lowest BCUT2D eigenvalue weighted by atomic mass is 9.84. The molecule has 0 radical (unpaired) electrons. The first-order valence-electron chi connectivity index (χ1n) is 6.79. The molecule has 1 unspecified atom stereocenters. The molecule has 1 atom stereocenters. The van der Waals surface area contributed by atoms with Crippen molar-refractivity contribution in [2.24, 2.45) is 5.92 Å². The zero-order valence-electron chi connectivity index (χ0n) is 10.8. The largest absolute Gasteiger partial charge is 0.348 e. The van der Waals surface area contributed by atoms with Crippen LogP contribution < -0.4 is 5.32 Å². The minimum absolute atomic E-state index is 0.0594. The molecule has 0 aliphatic carbocycles. The Kier molecular flexibility index (Phi) is 3.22. The maximum absolute atomic E-state index is 12.2. The molecule has 4 rings (SSSR count). The average Bonchev–Trinajstić information content (AvgIpc) is 2.48. The molecule has 0 spiro atoms. The zero-order valence-corrected chi connectivity index (χ0v) is 10.8.